The molecule has 1 atom stereocenters. The summed E-state index contributed by atoms with van der Waals surface area (Å²) in [5.74, 6) is -2.44. The maximum absolute atomic E-state index is 13.7. The van der Waals surface area contributed by atoms with E-state index in [0.717, 1.165) is 18.2 Å². The van der Waals surface area contributed by atoms with Gasteiger partial charge in [0.05, 0.1) is 28.8 Å². The average Bonchev–Trinajstić information content (AvgIpc) is 3.04. The monoisotopic (exact) mass is 380 g/mol. The average molecular weight is 380 g/mol. The highest BCUT2D eigenvalue weighted by atomic mass is 32.2. The van der Waals surface area contributed by atoms with E-state index in [1.54, 1.807) is 18.5 Å². The van der Waals surface area contributed by atoms with Crippen molar-refractivity contribution in [1.29, 1.82) is 0 Å². The van der Waals surface area contributed by atoms with Gasteiger partial charge in [-0.25, -0.2) is 17.2 Å². The van der Waals surface area contributed by atoms with E-state index in [0.29, 0.717) is 23.4 Å². The number of halogens is 2. The zero-order valence-corrected chi connectivity index (χ0v) is 15.2. The van der Waals surface area contributed by atoms with Gasteiger partial charge in [-0.15, -0.1) is 0 Å². The number of carbonyl (C=O) groups is 1. The number of sulfone groups is 1. The Labute approximate surface area is 150 Å². The van der Waals surface area contributed by atoms with Crippen LogP contribution in [0.5, 0.6) is 0 Å². The summed E-state index contributed by atoms with van der Waals surface area (Å²) in [6.45, 7) is 3.51. The molecule has 8 heteroatoms. The molecule has 138 valence electrons. The van der Waals surface area contributed by atoms with Gasteiger partial charge in [-0.05, 0) is 44.6 Å². The maximum Gasteiger partial charge on any atom is 0.191 e. The first-order valence-corrected chi connectivity index (χ1v) is 9.94. The molecule has 0 radical (unpaired) electrons. The number of nitrogens with zero attached hydrogens (tertiary/aromatic N) is 2. The molecule has 0 N–H and O–H groups in total. The Morgan fingerprint density at radius 1 is 1.27 bits per heavy atom. The zero-order chi connectivity index (χ0) is 19.1. The number of carbonyl (C=O) groups excluding carboxylic acids is 1. The molecule has 0 aliphatic carbocycles. The van der Waals surface area contributed by atoms with Gasteiger partial charge in [-0.1, -0.05) is 6.07 Å². The zero-order valence-electron chi connectivity index (χ0n) is 14.4. The summed E-state index contributed by atoms with van der Waals surface area (Å²) in [5.41, 5.74) is 1.36. The summed E-state index contributed by atoms with van der Waals surface area (Å²) in [5, 5.41) is 4.39. The fourth-order valence-corrected chi connectivity index (χ4v) is 4.91. The molecule has 0 bridgehead atoms. The highest BCUT2D eigenvalue weighted by Gasteiger charge is 2.31. The van der Waals surface area contributed by atoms with Crippen molar-refractivity contribution in [2.24, 2.45) is 0 Å². The van der Waals surface area contributed by atoms with E-state index in [9.17, 15) is 22.0 Å². The van der Waals surface area contributed by atoms with Crippen molar-refractivity contribution >= 4 is 21.7 Å². The normalized spacial score (nSPS) is 19.3. The van der Waals surface area contributed by atoms with E-state index in [1.807, 2.05) is 0 Å². The van der Waals surface area contributed by atoms with Gasteiger partial charge in [0.2, 0.25) is 0 Å². The molecule has 1 aromatic carbocycles. The first-order valence-electron chi connectivity index (χ1n) is 8.12. The van der Waals surface area contributed by atoms with Crippen molar-refractivity contribution in [1.82, 2.24) is 9.78 Å². The maximum atomic E-state index is 13.7. The molecule has 1 saturated heterocycles. The van der Waals surface area contributed by atoms with E-state index >= 15 is 0 Å². The molecule has 0 amide bonds. The fourth-order valence-electron chi connectivity index (χ4n) is 3.22. The van der Waals surface area contributed by atoms with Gasteiger partial charge in [-0.3, -0.25) is 9.48 Å². The number of ketones is 1. The number of aryl methyl sites for hydroxylation is 1. The van der Waals surface area contributed by atoms with E-state index in [2.05, 4.69) is 5.10 Å². The van der Waals surface area contributed by atoms with Gasteiger partial charge in [0, 0.05) is 11.3 Å². The van der Waals surface area contributed by atoms with Crippen molar-refractivity contribution in [3.8, 4) is 0 Å². The smallest absolute Gasteiger partial charge is 0.191 e. The van der Waals surface area contributed by atoms with Crippen LogP contribution in [0.3, 0.4) is 0 Å². The molecule has 1 aliphatic heterocycles. The van der Waals surface area contributed by atoms with Gasteiger partial charge in [0.1, 0.15) is 11.6 Å². The standard InChI is InChI=1S/C18H18F2N2O3S/c1-11-14(6-7-17(23)18-15(19)4-3-5-16(18)20)12(2)22(21-11)13-8-9-26(24,25)10-13/h3-7,13H,8-10H2,1-2H3/b7-6+/t13-/m0/s1. The van der Waals surface area contributed by atoms with Crippen molar-refractivity contribution in [2.75, 3.05) is 11.5 Å². The van der Waals surface area contributed by atoms with Gasteiger partial charge < -0.3 is 0 Å². The van der Waals surface area contributed by atoms with E-state index in [1.165, 1.54) is 12.1 Å². The second-order valence-corrected chi connectivity index (χ2v) is 8.61. The van der Waals surface area contributed by atoms with Crippen LogP contribution in [-0.2, 0) is 9.84 Å². The van der Waals surface area contributed by atoms with Crippen LogP contribution in [-0.4, -0.2) is 35.5 Å². The molecule has 26 heavy (non-hydrogen) atoms. The number of allylic oxidation sites excluding steroid dienone is 1. The van der Waals surface area contributed by atoms with E-state index < -0.39 is 32.8 Å². The molecular formula is C18H18F2N2O3S. The highest BCUT2D eigenvalue weighted by Crippen LogP contribution is 2.27. The number of hydrogen-bond donors (Lipinski definition) is 0. The Bertz CT molecular complexity index is 989. The summed E-state index contributed by atoms with van der Waals surface area (Å²) >= 11 is 0. The Balaban J connectivity index is 1.89. The molecule has 0 unspecified atom stereocenters. The Kier molecular flexibility index (Phi) is 4.79. The third-order valence-electron chi connectivity index (χ3n) is 4.55. The number of aromatic nitrogens is 2. The second kappa shape index (κ2) is 6.75. The van der Waals surface area contributed by atoms with Crippen LogP contribution in [0.2, 0.25) is 0 Å². The topological polar surface area (TPSA) is 69.0 Å². The van der Waals surface area contributed by atoms with Gasteiger partial charge >= 0.3 is 0 Å². The molecule has 1 fully saturated rings. The van der Waals surface area contributed by atoms with Crippen LogP contribution in [0, 0.1) is 25.5 Å². The van der Waals surface area contributed by atoms with Crippen molar-refractivity contribution < 1.29 is 22.0 Å². The van der Waals surface area contributed by atoms with E-state index in [-0.39, 0.29) is 17.5 Å². The fraction of sp³-hybridized carbons (Fsp3) is 0.333. The predicted molar refractivity (Wildman–Crippen MR) is 93.7 cm³/mol. The van der Waals surface area contributed by atoms with Crippen LogP contribution < -0.4 is 0 Å². The number of rotatable bonds is 4. The Morgan fingerprint density at radius 3 is 2.50 bits per heavy atom. The van der Waals surface area contributed by atoms with Crippen LogP contribution in [0.25, 0.3) is 6.08 Å². The highest BCUT2D eigenvalue weighted by molar-refractivity contribution is 7.91. The van der Waals surface area contributed by atoms with Crippen molar-refractivity contribution in [3.05, 3.63) is 58.4 Å². The summed E-state index contributed by atoms with van der Waals surface area (Å²) in [6.07, 6.45) is 3.06. The Hall–Kier alpha value is -2.35. The summed E-state index contributed by atoms with van der Waals surface area (Å²) < 4.78 is 52.4. The van der Waals surface area contributed by atoms with Gasteiger partial charge in [0.25, 0.3) is 0 Å². The summed E-state index contributed by atoms with van der Waals surface area (Å²) in [4.78, 5) is 12.2. The molecular weight excluding hydrogens is 362 g/mol. The third-order valence-corrected chi connectivity index (χ3v) is 6.30. The summed E-state index contributed by atoms with van der Waals surface area (Å²) in [7, 11) is -3.05. The molecule has 1 aliphatic rings. The molecule has 0 spiro atoms. The van der Waals surface area contributed by atoms with Crippen molar-refractivity contribution in [3.63, 3.8) is 0 Å². The van der Waals surface area contributed by atoms with Crippen molar-refractivity contribution in [2.45, 2.75) is 26.3 Å². The molecule has 2 aromatic rings. The quantitative estimate of drug-likeness (QED) is 0.604. The second-order valence-electron chi connectivity index (χ2n) is 6.38. The van der Waals surface area contributed by atoms with Gasteiger partial charge in [-0.2, -0.15) is 5.10 Å². The molecule has 1 aromatic heterocycles. The lowest BCUT2D eigenvalue weighted by molar-refractivity contribution is 0.104. The molecule has 3 rings (SSSR count). The minimum Gasteiger partial charge on any atom is -0.289 e. The first-order chi connectivity index (χ1) is 12.2. The van der Waals surface area contributed by atoms with Gasteiger partial charge in [0.15, 0.2) is 15.6 Å². The minimum absolute atomic E-state index is 0.0392. The lowest BCUT2D eigenvalue weighted by Gasteiger charge is -2.10. The molecule has 2 heterocycles. The van der Waals surface area contributed by atoms with E-state index in [4.69, 9.17) is 0 Å². The predicted octanol–water partition coefficient (Wildman–Crippen LogP) is 3.03. The third kappa shape index (κ3) is 3.46. The lowest BCUT2D eigenvalue weighted by Crippen LogP contribution is -2.14. The summed E-state index contributed by atoms with van der Waals surface area (Å²) in [6, 6.07) is 3.01. The number of hydrogen-bond acceptors (Lipinski definition) is 4. The van der Waals surface area contributed by atoms with Crippen LogP contribution in [0.15, 0.2) is 24.3 Å². The molecule has 5 nitrogen and oxygen atoms in total. The van der Waals surface area contributed by atoms with Crippen LogP contribution in [0.1, 0.15) is 39.8 Å². The minimum atomic E-state index is -3.05. The molecule has 0 saturated carbocycles. The lowest BCUT2D eigenvalue weighted by atomic mass is 10.1. The SMILES string of the molecule is Cc1nn([C@H]2CCS(=O)(=O)C2)c(C)c1/C=C/C(=O)c1c(F)cccc1F. The van der Waals surface area contributed by atoms with Crippen LogP contribution >= 0.6 is 0 Å². The van der Waals surface area contributed by atoms with Crippen LogP contribution in [0.4, 0.5) is 8.78 Å². The number of benzene rings is 1. The Morgan fingerprint density at radius 2 is 1.92 bits per heavy atom. The largest absolute Gasteiger partial charge is 0.289 e. The first kappa shape index (κ1) is 18.4.